The molecule has 0 spiro atoms. The molecule has 1 rings (SSSR count). The van der Waals surface area contributed by atoms with Gasteiger partial charge in [0, 0.05) is 6.07 Å². The monoisotopic (exact) mass is 311 g/mol. The first-order chi connectivity index (χ1) is 7.84. The van der Waals surface area contributed by atoms with Gasteiger partial charge in [-0.25, -0.2) is 4.39 Å². The van der Waals surface area contributed by atoms with Gasteiger partial charge in [-0.15, -0.1) is 0 Å². The molecule has 1 atom stereocenters. The lowest BCUT2D eigenvalue weighted by Gasteiger charge is -2.14. The Hall–Kier alpha value is -1.29. The third-order valence-corrected chi connectivity index (χ3v) is 2.50. The Morgan fingerprint density at radius 3 is 2.59 bits per heavy atom. The molecule has 7 heteroatoms. The first-order valence-electron chi connectivity index (χ1n) is 4.38. The second kappa shape index (κ2) is 5.36. The van der Waals surface area contributed by atoms with Crippen LogP contribution in [0.5, 0.6) is 5.75 Å². The average molecular weight is 312 g/mol. The highest BCUT2D eigenvalue weighted by Gasteiger charge is 2.40. The second-order valence-corrected chi connectivity index (χ2v) is 3.96. The number of alkyl halides is 3. The summed E-state index contributed by atoms with van der Waals surface area (Å²) >= 11 is 3.00. The summed E-state index contributed by atoms with van der Waals surface area (Å²) in [6.45, 7) is -0.873. The fourth-order valence-corrected chi connectivity index (χ4v) is 1.33. The molecule has 17 heavy (non-hydrogen) atoms. The maximum absolute atomic E-state index is 12.8. The average Bonchev–Trinajstić information content (AvgIpc) is 2.22. The number of nitrogens with zero attached hydrogens (tertiary/aromatic N) is 1. The Balaban J connectivity index is 2.73. The van der Waals surface area contributed by atoms with Crippen molar-refractivity contribution in [1.29, 1.82) is 5.26 Å². The standard InChI is InChI=1S/C10H6BrF4NO/c11-8-2-1-7(12)3-9(8)17-5-6(4-16)10(13,14)15/h1-3,6H,5H2. The van der Waals surface area contributed by atoms with Gasteiger partial charge in [-0.05, 0) is 28.1 Å². The maximum atomic E-state index is 12.8. The molecule has 0 heterocycles. The van der Waals surface area contributed by atoms with Gasteiger partial charge in [-0.3, -0.25) is 0 Å². The normalized spacial score (nSPS) is 12.9. The van der Waals surface area contributed by atoms with E-state index in [9.17, 15) is 17.6 Å². The number of hydrogen-bond acceptors (Lipinski definition) is 2. The van der Waals surface area contributed by atoms with E-state index in [-0.39, 0.29) is 5.75 Å². The number of nitriles is 1. The Labute approximate surface area is 103 Å². The van der Waals surface area contributed by atoms with Crippen molar-refractivity contribution in [3.05, 3.63) is 28.5 Å². The van der Waals surface area contributed by atoms with E-state index in [0.29, 0.717) is 4.47 Å². The molecular weight excluding hydrogens is 306 g/mol. The first kappa shape index (κ1) is 13.8. The van der Waals surface area contributed by atoms with Gasteiger partial charge in [-0.2, -0.15) is 18.4 Å². The lowest BCUT2D eigenvalue weighted by atomic mass is 10.2. The molecule has 0 N–H and O–H groups in total. The van der Waals surface area contributed by atoms with Gasteiger partial charge >= 0.3 is 6.18 Å². The van der Waals surface area contributed by atoms with E-state index in [2.05, 4.69) is 15.9 Å². The van der Waals surface area contributed by atoms with Gasteiger partial charge in [0.15, 0.2) is 5.92 Å². The van der Waals surface area contributed by atoms with E-state index in [4.69, 9.17) is 10.00 Å². The fourth-order valence-electron chi connectivity index (χ4n) is 0.966. The summed E-state index contributed by atoms with van der Waals surface area (Å²) in [5, 5.41) is 8.33. The largest absolute Gasteiger partial charge is 0.491 e. The van der Waals surface area contributed by atoms with Crippen LogP contribution in [0.2, 0.25) is 0 Å². The van der Waals surface area contributed by atoms with Gasteiger partial charge in [0.2, 0.25) is 0 Å². The summed E-state index contributed by atoms with van der Waals surface area (Å²) in [6, 6.07) is 4.46. The topological polar surface area (TPSA) is 33.0 Å². The second-order valence-electron chi connectivity index (χ2n) is 3.11. The molecule has 0 aliphatic rings. The fraction of sp³-hybridized carbons (Fsp3) is 0.300. The molecule has 0 aliphatic heterocycles. The minimum atomic E-state index is -4.66. The molecule has 1 unspecified atom stereocenters. The molecule has 0 saturated carbocycles. The van der Waals surface area contributed by atoms with Crippen molar-refractivity contribution in [2.45, 2.75) is 6.18 Å². The van der Waals surface area contributed by atoms with Gasteiger partial charge in [0.05, 0.1) is 10.5 Å². The van der Waals surface area contributed by atoms with Crippen LogP contribution in [-0.4, -0.2) is 12.8 Å². The van der Waals surface area contributed by atoms with Crippen LogP contribution < -0.4 is 4.74 Å². The number of ether oxygens (including phenoxy) is 1. The predicted octanol–water partition coefficient (Wildman–Crippen LogP) is 3.67. The molecule has 0 aromatic heterocycles. The number of benzene rings is 1. The first-order valence-corrected chi connectivity index (χ1v) is 5.18. The third-order valence-electron chi connectivity index (χ3n) is 1.85. The molecule has 1 aromatic rings. The Morgan fingerprint density at radius 1 is 1.41 bits per heavy atom. The molecule has 0 aliphatic carbocycles. The lowest BCUT2D eigenvalue weighted by molar-refractivity contribution is -0.165. The van der Waals surface area contributed by atoms with Gasteiger partial charge < -0.3 is 4.74 Å². The number of rotatable bonds is 3. The van der Waals surface area contributed by atoms with Crippen molar-refractivity contribution in [2.24, 2.45) is 5.92 Å². The molecule has 0 amide bonds. The van der Waals surface area contributed by atoms with E-state index in [1.165, 1.54) is 6.07 Å². The summed E-state index contributed by atoms with van der Waals surface area (Å²) in [6.07, 6.45) is -4.66. The van der Waals surface area contributed by atoms with E-state index >= 15 is 0 Å². The van der Waals surface area contributed by atoms with Crippen LogP contribution >= 0.6 is 15.9 Å². The molecule has 92 valence electrons. The zero-order chi connectivity index (χ0) is 13.1. The van der Waals surface area contributed by atoms with Gasteiger partial charge in [-0.1, -0.05) is 0 Å². The Bertz CT molecular complexity index is 441. The molecular formula is C10H6BrF4NO. The molecule has 1 aromatic carbocycles. The molecule has 0 bridgehead atoms. The van der Waals surface area contributed by atoms with E-state index in [1.54, 1.807) is 0 Å². The summed E-state index contributed by atoms with van der Waals surface area (Å²) in [5.41, 5.74) is 0. The van der Waals surface area contributed by atoms with E-state index < -0.39 is 24.5 Å². The summed E-state index contributed by atoms with van der Waals surface area (Å²) in [5.74, 6) is -2.95. The highest BCUT2D eigenvalue weighted by Crippen LogP contribution is 2.29. The smallest absolute Gasteiger partial charge is 0.407 e. The van der Waals surface area contributed by atoms with Crippen LogP contribution in [0.4, 0.5) is 17.6 Å². The zero-order valence-electron chi connectivity index (χ0n) is 8.26. The molecule has 2 nitrogen and oxygen atoms in total. The SMILES string of the molecule is N#CC(COc1cc(F)ccc1Br)C(F)(F)F. The van der Waals surface area contributed by atoms with E-state index in [1.807, 2.05) is 0 Å². The highest BCUT2D eigenvalue weighted by molar-refractivity contribution is 9.10. The van der Waals surface area contributed by atoms with Crippen molar-refractivity contribution in [3.63, 3.8) is 0 Å². The predicted molar refractivity (Wildman–Crippen MR) is 54.8 cm³/mol. The van der Waals surface area contributed by atoms with Crippen LogP contribution in [0.25, 0.3) is 0 Å². The number of hydrogen-bond donors (Lipinski definition) is 0. The number of halogens is 5. The lowest BCUT2D eigenvalue weighted by Crippen LogP contribution is -2.27. The van der Waals surface area contributed by atoms with Crippen molar-refractivity contribution in [1.82, 2.24) is 0 Å². The maximum Gasteiger partial charge on any atom is 0.407 e. The van der Waals surface area contributed by atoms with Crippen LogP contribution in [0.3, 0.4) is 0 Å². The minimum absolute atomic E-state index is 0.0745. The highest BCUT2D eigenvalue weighted by atomic mass is 79.9. The van der Waals surface area contributed by atoms with Crippen molar-refractivity contribution in [2.75, 3.05) is 6.61 Å². The summed E-state index contributed by atoms with van der Waals surface area (Å²) in [7, 11) is 0. The minimum Gasteiger partial charge on any atom is -0.491 e. The van der Waals surface area contributed by atoms with Crippen molar-refractivity contribution in [3.8, 4) is 11.8 Å². The molecule has 0 radical (unpaired) electrons. The Kier molecular flexibility index (Phi) is 4.34. The summed E-state index contributed by atoms with van der Waals surface area (Å²) < 4.78 is 54.5. The Morgan fingerprint density at radius 2 is 2.06 bits per heavy atom. The molecule has 0 fully saturated rings. The zero-order valence-corrected chi connectivity index (χ0v) is 9.85. The van der Waals surface area contributed by atoms with Crippen molar-refractivity contribution >= 4 is 15.9 Å². The van der Waals surface area contributed by atoms with Crippen LogP contribution in [-0.2, 0) is 0 Å². The quantitative estimate of drug-likeness (QED) is 0.798. The van der Waals surface area contributed by atoms with Gasteiger partial charge in [0.1, 0.15) is 18.2 Å². The summed E-state index contributed by atoms with van der Waals surface area (Å²) in [4.78, 5) is 0. The van der Waals surface area contributed by atoms with Crippen LogP contribution in [0.15, 0.2) is 22.7 Å². The molecule has 0 saturated heterocycles. The van der Waals surface area contributed by atoms with Gasteiger partial charge in [0.25, 0.3) is 0 Å². The van der Waals surface area contributed by atoms with Crippen molar-refractivity contribution < 1.29 is 22.3 Å². The van der Waals surface area contributed by atoms with Crippen LogP contribution in [0, 0.1) is 23.1 Å². The van der Waals surface area contributed by atoms with Crippen LogP contribution in [0.1, 0.15) is 0 Å². The third kappa shape index (κ3) is 3.89. The van der Waals surface area contributed by atoms with E-state index in [0.717, 1.165) is 18.2 Å².